The van der Waals surface area contributed by atoms with Crippen molar-refractivity contribution in [3.8, 4) is 30.4 Å². The molecule has 0 aliphatic carbocycles. The molecule has 0 amide bonds. The molecule has 1 rings (SSSR count). The normalized spacial score (nSPS) is 8.25. The molecule has 0 unspecified atom stereocenters. The molecule has 2 N–H and O–H groups in total. The van der Waals surface area contributed by atoms with Gasteiger partial charge in [0, 0.05) is 12.8 Å². The van der Waals surface area contributed by atoms with E-state index in [1.165, 1.54) is 6.42 Å². The lowest BCUT2D eigenvalue weighted by Crippen LogP contribution is -2.02. The number of hydrogen-bond acceptors (Lipinski definition) is 2. The molecule has 2 nitrogen and oxygen atoms in total. The van der Waals surface area contributed by atoms with E-state index in [4.69, 9.17) is 23.3 Å². The molecule has 0 heterocycles. The first kappa shape index (κ1) is 29.9. The quantitative estimate of drug-likeness (QED) is 0.201. The van der Waals surface area contributed by atoms with Crippen LogP contribution in [0, 0.1) is 31.6 Å². The van der Waals surface area contributed by atoms with Crippen LogP contribution in [0.1, 0.15) is 63.5 Å². The van der Waals surface area contributed by atoms with Gasteiger partial charge in [0.15, 0.2) is 0 Å². The molecular weight excluding hydrogens is 342 g/mol. The van der Waals surface area contributed by atoms with Crippen LogP contribution in [-0.2, 0) is 0 Å². The van der Waals surface area contributed by atoms with E-state index >= 15 is 0 Å². The van der Waals surface area contributed by atoms with Crippen molar-refractivity contribution in [2.24, 2.45) is 0 Å². The second-order valence-corrected chi connectivity index (χ2v) is 5.70. The number of benzene rings is 1. The van der Waals surface area contributed by atoms with Crippen LogP contribution >= 0.6 is 0 Å². The van der Waals surface area contributed by atoms with Crippen molar-refractivity contribution in [3.63, 3.8) is 0 Å². The van der Waals surface area contributed by atoms with Gasteiger partial charge in [-0.15, -0.1) is 44.4 Å². The van der Waals surface area contributed by atoms with Crippen LogP contribution in [0.3, 0.4) is 0 Å². The van der Waals surface area contributed by atoms with Gasteiger partial charge in [0.1, 0.15) is 5.75 Å². The topological polar surface area (TPSA) is 35.2 Å². The van der Waals surface area contributed by atoms with E-state index in [-0.39, 0.29) is 7.43 Å². The third-order valence-electron chi connectivity index (χ3n) is 3.56. The van der Waals surface area contributed by atoms with Crippen LogP contribution in [0.25, 0.3) is 6.08 Å². The van der Waals surface area contributed by atoms with E-state index in [0.717, 1.165) is 55.4 Å². The largest absolute Gasteiger partial charge is 0.491 e. The van der Waals surface area contributed by atoms with Gasteiger partial charge in [-0.1, -0.05) is 26.2 Å². The fourth-order valence-corrected chi connectivity index (χ4v) is 2.06. The molecule has 0 aliphatic heterocycles. The Balaban J connectivity index is -0.000000483. The number of allylic oxidation sites excluding steroid dienone is 1. The third-order valence-corrected chi connectivity index (χ3v) is 3.56. The van der Waals surface area contributed by atoms with E-state index in [0.29, 0.717) is 12.3 Å². The molecule has 0 aliphatic rings. The third kappa shape index (κ3) is 15.4. The molecule has 0 spiro atoms. The molecule has 0 bridgehead atoms. The highest BCUT2D eigenvalue weighted by Gasteiger charge is 2.05. The summed E-state index contributed by atoms with van der Waals surface area (Å²) in [5.74, 6) is 5.94. The maximum Gasteiger partial charge on any atom is 0.143 e. The van der Waals surface area contributed by atoms with Gasteiger partial charge in [-0.3, -0.25) is 0 Å². The number of aryl methyl sites for hydroxylation is 1. The van der Waals surface area contributed by atoms with Crippen LogP contribution < -0.4 is 10.5 Å². The number of rotatable bonds is 10. The smallest absolute Gasteiger partial charge is 0.143 e. The Morgan fingerprint density at radius 3 is 2.11 bits per heavy atom. The summed E-state index contributed by atoms with van der Waals surface area (Å²) in [6.45, 7) is 16.0. The lowest BCUT2D eigenvalue weighted by molar-refractivity contribution is 0.309. The van der Waals surface area contributed by atoms with Gasteiger partial charge < -0.3 is 10.5 Å². The number of nitrogen functional groups attached to an aromatic ring is 1. The molecule has 0 fully saturated rings. The van der Waals surface area contributed by atoms with Crippen molar-refractivity contribution in [3.05, 3.63) is 55.7 Å². The van der Waals surface area contributed by atoms with E-state index in [9.17, 15) is 0 Å². The average molecular weight is 382 g/mol. The maximum atomic E-state index is 5.96. The second-order valence-electron chi connectivity index (χ2n) is 5.70. The fraction of sp³-hybridized carbons (Fsp3) is 0.385. The highest BCUT2D eigenvalue weighted by Crippen LogP contribution is 2.27. The minimum atomic E-state index is 0. The van der Waals surface area contributed by atoms with E-state index in [2.05, 4.69) is 38.2 Å². The van der Waals surface area contributed by atoms with E-state index in [1.807, 2.05) is 25.1 Å². The van der Waals surface area contributed by atoms with Gasteiger partial charge in [-0.25, -0.2) is 0 Å². The Bertz CT molecular complexity index is 617. The van der Waals surface area contributed by atoms with Gasteiger partial charge in [0.25, 0.3) is 0 Å². The first-order valence-electron chi connectivity index (χ1n) is 9.23. The van der Waals surface area contributed by atoms with Crippen molar-refractivity contribution in [2.45, 2.75) is 59.3 Å². The van der Waals surface area contributed by atoms with Crippen LogP contribution in [0.4, 0.5) is 5.69 Å². The summed E-state index contributed by atoms with van der Waals surface area (Å²) >= 11 is 0. The molecule has 1 aromatic carbocycles. The summed E-state index contributed by atoms with van der Waals surface area (Å²) in [5, 5.41) is 0. The summed E-state index contributed by atoms with van der Waals surface area (Å²) in [7, 11) is 0. The molecule has 0 saturated heterocycles. The highest BCUT2D eigenvalue weighted by molar-refractivity contribution is 5.64. The Kier molecular flexibility index (Phi) is 23.7. The minimum absolute atomic E-state index is 0. The van der Waals surface area contributed by atoms with Crippen LogP contribution in [0.15, 0.2) is 44.5 Å². The van der Waals surface area contributed by atoms with Crippen LogP contribution in [-0.4, -0.2) is 6.61 Å². The van der Waals surface area contributed by atoms with Crippen molar-refractivity contribution >= 4 is 11.8 Å². The molecule has 0 saturated carbocycles. The van der Waals surface area contributed by atoms with Crippen molar-refractivity contribution in [2.75, 3.05) is 12.3 Å². The number of nitrogens with two attached hydrogens (primary N) is 1. The molecular formula is C26H39NO. The Morgan fingerprint density at radius 1 is 1.04 bits per heavy atom. The van der Waals surface area contributed by atoms with Crippen LogP contribution in [0.5, 0.6) is 5.75 Å². The Hall–Kier alpha value is -2.84. The van der Waals surface area contributed by atoms with Crippen molar-refractivity contribution in [1.82, 2.24) is 0 Å². The lowest BCUT2D eigenvalue weighted by Gasteiger charge is -2.11. The SMILES string of the molecule is C.C#CCCCCC=C.C#CCCCCOc1cc(C=C)cc(C)c1N.C=C. The molecule has 28 heavy (non-hydrogen) atoms. The predicted octanol–water partition coefficient (Wildman–Crippen LogP) is 7.21. The lowest BCUT2D eigenvalue weighted by atomic mass is 10.1. The van der Waals surface area contributed by atoms with Crippen molar-refractivity contribution in [1.29, 1.82) is 0 Å². The summed E-state index contributed by atoms with van der Waals surface area (Å²) in [6, 6.07) is 3.91. The first-order valence-corrected chi connectivity index (χ1v) is 9.23. The van der Waals surface area contributed by atoms with E-state index < -0.39 is 0 Å². The number of hydrogen-bond donors (Lipinski definition) is 1. The fourth-order valence-electron chi connectivity index (χ4n) is 2.06. The zero-order chi connectivity index (χ0) is 20.9. The van der Waals surface area contributed by atoms with E-state index in [1.54, 1.807) is 6.08 Å². The Labute approximate surface area is 174 Å². The summed E-state index contributed by atoms with van der Waals surface area (Å²) in [4.78, 5) is 0. The molecule has 154 valence electrons. The van der Waals surface area contributed by atoms with Gasteiger partial charge in [0.05, 0.1) is 12.3 Å². The molecule has 2 heteroatoms. The minimum Gasteiger partial charge on any atom is -0.491 e. The summed E-state index contributed by atoms with van der Waals surface area (Å²) in [5.41, 5.74) is 8.70. The molecule has 0 aromatic heterocycles. The monoisotopic (exact) mass is 381 g/mol. The maximum absolute atomic E-state index is 5.96. The molecule has 1 aromatic rings. The summed E-state index contributed by atoms with van der Waals surface area (Å²) < 4.78 is 5.67. The second kappa shape index (κ2) is 22.2. The van der Waals surface area contributed by atoms with Crippen molar-refractivity contribution < 1.29 is 4.74 Å². The van der Waals surface area contributed by atoms with Gasteiger partial charge in [-0.05, 0) is 62.3 Å². The van der Waals surface area contributed by atoms with Gasteiger partial charge in [0.2, 0.25) is 0 Å². The highest BCUT2D eigenvalue weighted by atomic mass is 16.5. The first-order chi connectivity index (χ1) is 13.1. The summed E-state index contributed by atoms with van der Waals surface area (Å²) in [6.07, 6.45) is 21.0. The van der Waals surface area contributed by atoms with Gasteiger partial charge >= 0.3 is 0 Å². The number of ether oxygens (including phenoxy) is 1. The Morgan fingerprint density at radius 2 is 1.61 bits per heavy atom. The standard InChI is InChI=1S/C15H19NO.C8H12.C2H4.CH4/c1-4-6-7-8-9-17-14-11-13(5-2)10-12(3)15(14)16;1-3-5-7-8-6-4-2;1-2;/h1,5,10-11H,2,6-9,16H2,3H3;1,4H,2,5-8H2;1-2H2;1H4. The predicted molar refractivity (Wildman–Crippen MR) is 129 cm³/mol. The molecule has 0 radical (unpaired) electrons. The average Bonchev–Trinajstić information content (AvgIpc) is 2.70. The van der Waals surface area contributed by atoms with Crippen LogP contribution in [0.2, 0.25) is 0 Å². The number of anilines is 1. The zero-order valence-corrected chi connectivity index (χ0v) is 16.9. The zero-order valence-electron chi connectivity index (χ0n) is 16.9. The molecule has 0 atom stereocenters. The number of unbranched alkanes of at least 4 members (excludes halogenated alkanes) is 5. The number of terminal acetylenes is 2. The van der Waals surface area contributed by atoms with Gasteiger partial charge in [-0.2, -0.15) is 0 Å².